The van der Waals surface area contributed by atoms with Crippen LogP contribution < -0.4 is 5.32 Å². The Morgan fingerprint density at radius 2 is 2.22 bits per heavy atom. The topological polar surface area (TPSA) is 46.9 Å². The van der Waals surface area contributed by atoms with Crippen molar-refractivity contribution in [2.75, 3.05) is 5.88 Å². The molecule has 1 rings (SSSR count). The molecule has 18 heavy (non-hydrogen) atoms. The van der Waals surface area contributed by atoms with E-state index in [1.807, 2.05) is 20.9 Å². The predicted octanol–water partition coefficient (Wildman–Crippen LogP) is 2.51. The Morgan fingerprint density at radius 1 is 1.56 bits per heavy atom. The molecule has 0 saturated heterocycles. The van der Waals surface area contributed by atoms with E-state index in [0.29, 0.717) is 11.4 Å². The zero-order valence-corrected chi connectivity index (χ0v) is 12.3. The third-order valence-electron chi connectivity index (χ3n) is 3.33. The normalized spacial score (nSPS) is 14.3. The van der Waals surface area contributed by atoms with Crippen LogP contribution in [-0.4, -0.2) is 27.1 Å². The highest BCUT2D eigenvalue weighted by Gasteiger charge is 2.25. The van der Waals surface area contributed by atoms with Crippen molar-refractivity contribution in [3.8, 4) is 0 Å². The van der Waals surface area contributed by atoms with Crippen molar-refractivity contribution in [1.29, 1.82) is 0 Å². The maximum Gasteiger partial charge on any atom is 0.255 e. The highest BCUT2D eigenvalue weighted by Crippen LogP contribution is 2.17. The van der Waals surface area contributed by atoms with E-state index in [9.17, 15) is 4.79 Å². The number of halogens is 1. The molecule has 0 aromatic carbocycles. The number of nitrogens with zero attached hydrogens (tertiary/aromatic N) is 2. The molecular weight excluding hydrogens is 250 g/mol. The Labute approximate surface area is 114 Å². The number of rotatable bonds is 6. The summed E-state index contributed by atoms with van der Waals surface area (Å²) < 4.78 is 1.68. The lowest BCUT2D eigenvalue weighted by atomic mass is 9.95. The number of hydrogen-bond donors (Lipinski definition) is 1. The molecule has 1 aromatic rings. The first kappa shape index (κ1) is 15.0. The third-order valence-corrected chi connectivity index (χ3v) is 3.52. The molecular formula is C13H22ClN3O. The van der Waals surface area contributed by atoms with Crippen molar-refractivity contribution in [1.82, 2.24) is 15.1 Å². The molecule has 0 fully saturated rings. The van der Waals surface area contributed by atoms with Crippen molar-refractivity contribution in [3.05, 3.63) is 17.5 Å². The number of carbonyl (C=O) groups excluding carboxylic acids is 1. The predicted molar refractivity (Wildman–Crippen MR) is 74.1 cm³/mol. The van der Waals surface area contributed by atoms with E-state index in [0.717, 1.165) is 25.0 Å². The SMILES string of the molecule is CCc1nn(C)cc1C(=O)NC(C)(CC)CCCl. The summed E-state index contributed by atoms with van der Waals surface area (Å²) in [5.74, 6) is 0.479. The van der Waals surface area contributed by atoms with E-state index in [-0.39, 0.29) is 11.4 Å². The average molecular weight is 272 g/mol. The highest BCUT2D eigenvalue weighted by molar-refractivity contribution is 6.17. The molecule has 0 spiro atoms. The Balaban J connectivity index is 2.87. The Kier molecular flexibility index (Phi) is 5.20. The highest BCUT2D eigenvalue weighted by atomic mass is 35.5. The van der Waals surface area contributed by atoms with Crippen LogP contribution in [0.5, 0.6) is 0 Å². The molecule has 5 heteroatoms. The fraction of sp³-hybridized carbons (Fsp3) is 0.692. The van der Waals surface area contributed by atoms with Crippen molar-refractivity contribution in [3.63, 3.8) is 0 Å². The molecule has 1 amide bonds. The first-order valence-electron chi connectivity index (χ1n) is 6.36. The monoisotopic (exact) mass is 271 g/mol. The average Bonchev–Trinajstić information content (AvgIpc) is 2.71. The van der Waals surface area contributed by atoms with E-state index in [1.165, 1.54) is 0 Å². The van der Waals surface area contributed by atoms with Crippen LogP contribution in [0.25, 0.3) is 0 Å². The Bertz CT molecular complexity index is 416. The van der Waals surface area contributed by atoms with E-state index >= 15 is 0 Å². The Morgan fingerprint density at radius 3 is 2.72 bits per heavy atom. The van der Waals surface area contributed by atoms with Gasteiger partial charge in [0, 0.05) is 24.7 Å². The number of aromatic nitrogens is 2. The van der Waals surface area contributed by atoms with E-state index in [2.05, 4.69) is 17.3 Å². The molecule has 1 aromatic heterocycles. The smallest absolute Gasteiger partial charge is 0.255 e. The van der Waals surface area contributed by atoms with Gasteiger partial charge in [-0.15, -0.1) is 11.6 Å². The summed E-state index contributed by atoms with van der Waals surface area (Å²) in [7, 11) is 1.83. The van der Waals surface area contributed by atoms with Crippen LogP contribution in [0.3, 0.4) is 0 Å². The van der Waals surface area contributed by atoms with Gasteiger partial charge in [0.1, 0.15) is 0 Å². The van der Waals surface area contributed by atoms with E-state index in [1.54, 1.807) is 10.9 Å². The minimum Gasteiger partial charge on any atom is -0.347 e. The summed E-state index contributed by atoms with van der Waals surface area (Å²) in [5.41, 5.74) is 1.24. The quantitative estimate of drug-likeness (QED) is 0.808. The lowest BCUT2D eigenvalue weighted by Gasteiger charge is -2.28. The first-order valence-corrected chi connectivity index (χ1v) is 6.90. The molecule has 0 saturated carbocycles. The van der Waals surface area contributed by atoms with Gasteiger partial charge >= 0.3 is 0 Å². The summed E-state index contributed by atoms with van der Waals surface area (Å²) in [6.07, 6.45) is 4.14. The number of carbonyl (C=O) groups is 1. The molecule has 0 radical (unpaired) electrons. The van der Waals surface area contributed by atoms with Crippen LogP contribution in [0.2, 0.25) is 0 Å². The van der Waals surface area contributed by atoms with Gasteiger partial charge in [-0.2, -0.15) is 5.10 Å². The summed E-state index contributed by atoms with van der Waals surface area (Å²) in [6.45, 7) is 6.07. The maximum atomic E-state index is 12.3. The summed E-state index contributed by atoms with van der Waals surface area (Å²) in [5, 5.41) is 7.35. The van der Waals surface area contributed by atoms with Crippen LogP contribution in [0.1, 0.15) is 49.7 Å². The number of aryl methyl sites for hydroxylation is 2. The zero-order valence-electron chi connectivity index (χ0n) is 11.6. The molecule has 1 atom stereocenters. The van der Waals surface area contributed by atoms with Crippen LogP contribution >= 0.6 is 11.6 Å². The zero-order chi connectivity index (χ0) is 13.8. The van der Waals surface area contributed by atoms with Gasteiger partial charge in [0.15, 0.2) is 0 Å². The van der Waals surface area contributed by atoms with Gasteiger partial charge in [0.2, 0.25) is 0 Å². The molecule has 102 valence electrons. The minimum absolute atomic E-state index is 0.0607. The molecule has 1 heterocycles. The van der Waals surface area contributed by atoms with Gasteiger partial charge in [-0.3, -0.25) is 9.48 Å². The standard InChI is InChI=1S/C13H22ClN3O/c1-5-11-10(9-17(4)16-11)12(18)15-13(3,6-2)7-8-14/h9H,5-8H2,1-4H3,(H,15,18). The second kappa shape index (κ2) is 6.23. The minimum atomic E-state index is -0.250. The molecule has 4 nitrogen and oxygen atoms in total. The Hall–Kier alpha value is -1.03. The summed E-state index contributed by atoms with van der Waals surface area (Å²) in [4.78, 5) is 12.3. The molecule has 1 unspecified atom stereocenters. The maximum absolute atomic E-state index is 12.3. The summed E-state index contributed by atoms with van der Waals surface area (Å²) in [6, 6.07) is 0. The van der Waals surface area contributed by atoms with Gasteiger partial charge in [0.25, 0.3) is 5.91 Å². The fourth-order valence-electron chi connectivity index (χ4n) is 1.86. The lowest BCUT2D eigenvalue weighted by Crippen LogP contribution is -2.46. The summed E-state index contributed by atoms with van der Waals surface area (Å²) >= 11 is 5.79. The first-order chi connectivity index (χ1) is 8.45. The number of hydrogen-bond acceptors (Lipinski definition) is 2. The third kappa shape index (κ3) is 3.48. The second-order valence-electron chi connectivity index (χ2n) is 4.82. The van der Waals surface area contributed by atoms with Gasteiger partial charge in [-0.05, 0) is 26.2 Å². The van der Waals surface area contributed by atoms with Crippen LogP contribution in [0.4, 0.5) is 0 Å². The van der Waals surface area contributed by atoms with Crippen molar-refractivity contribution in [2.24, 2.45) is 7.05 Å². The number of alkyl halides is 1. The van der Waals surface area contributed by atoms with Crippen LogP contribution in [0, 0.1) is 0 Å². The van der Waals surface area contributed by atoms with Crippen molar-refractivity contribution < 1.29 is 4.79 Å². The van der Waals surface area contributed by atoms with E-state index in [4.69, 9.17) is 11.6 Å². The molecule has 0 bridgehead atoms. The fourth-order valence-corrected chi connectivity index (χ4v) is 2.28. The second-order valence-corrected chi connectivity index (χ2v) is 5.20. The molecule has 0 aliphatic carbocycles. The van der Waals surface area contributed by atoms with Gasteiger partial charge in [0.05, 0.1) is 11.3 Å². The van der Waals surface area contributed by atoms with Crippen LogP contribution in [0.15, 0.2) is 6.20 Å². The molecule has 0 aliphatic heterocycles. The van der Waals surface area contributed by atoms with Crippen molar-refractivity contribution >= 4 is 17.5 Å². The number of amides is 1. The number of nitrogens with one attached hydrogen (secondary N) is 1. The van der Waals surface area contributed by atoms with Crippen LogP contribution in [-0.2, 0) is 13.5 Å². The van der Waals surface area contributed by atoms with Gasteiger partial charge < -0.3 is 5.32 Å². The largest absolute Gasteiger partial charge is 0.347 e. The molecule has 1 N–H and O–H groups in total. The molecule has 0 aliphatic rings. The van der Waals surface area contributed by atoms with E-state index < -0.39 is 0 Å². The van der Waals surface area contributed by atoms with Gasteiger partial charge in [-0.25, -0.2) is 0 Å². The lowest BCUT2D eigenvalue weighted by molar-refractivity contribution is 0.0900. The van der Waals surface area contributed by atoms with Gasteiger partial charge in [-0.1, -0.05) is 13.8 Å². The van der Waals surface area contributed by atoms with Crippen molar-refractivity contribution in [2.45, 2.75) is 45.6 Å².